The van der Waals surface area contributed by atoms with E-state index < -0.39 is 12.1 Å². The van der Waals surface area contributed by atoms with Gasteiger partial charge in [0.1, 0.15) is 0 Å². The number of pyridine rings is 1. The highest BCUT2D eigenvalue weighted by Gasteiger charge is 2.43. The molecule has 10 heteroatoms. The molecule has 1 aromatic carbocycles. The lowest BCUT2D eigenvalue weighted by Crippen LogP contribution is -2.32. The summed E-state index contributed by atoms with van der Waals surface area (Å²) in [5.74, 6) is -2.37. The Kier molecular flexibility index (Phi) is 5.68. The Morgan fingerprint density at radius 3 is 2.54 bits per heavy atom. The molecule has 2 rings (SSSR count). The summed E-state index contributed by atoms with van der Waals surface area (Å²) >= 11 is 9.00. The van der Waals surface area contributed by atoms with Crippen LogP contribution in [0, 0.1) is 0 Å². The Balaban J connectivity index is 2.45. The zero-order valence-corrected chi connectivity index (χ0v) is 14.2. The third kappa shape index (κ3) is 4.37. The Morgan fingerprint density at radius 1 is 1.33 bits per heavy atom. The topological polar surface area (TPSA) is 68.4 Å². The van der Waals surface area contributed by atoms with Crippen molar-refractivity contribution in [3.8, 4) is 0 Å². The van der Waals surface area contributed by atoms with Gasteiger partial charge in [0.25, 0.3) is 0 Å². The first kappa shape index (κ1) is 18.5. The molecule has 0 aliphatic carbocycles. The van der Waals surface area contributed by atoms with Crippen molar-refractivity contribution < 1.29 is 22.8 Å². The second kappa shape index (κ2) is 7.37. The molecule has 2 aromatic rings. The first-order chi connectivity index (χ1) is 11.2. The minimum Gasteiger partial charge on any atom is -0.327 e. The van der Waals surface area contributed by atoms with Gasteiger partial charge < -0.3 is 10.6 Å². The molecule has 0 fully saturated rings. The van der Waals surface area contributed by atoms with E-state index in [1.165, 1.54) is 36.5 Å². The number of halogens is 5. The van der Waals surface area contributed by atoms with Crippen LogP contribution in [0.2, 0.25) is 5.02 Å². The fourth-order valence-corrected chi connectivity index (χ4v) is 2.52. The number of carbonyl (C=O) groups is 1. The monoisotopic (exact) mass is 423 g/mol. The summed E-state index contributed by atoms with van der Waals surface area (Å²) in [5.41, 5.74) is 6.20. The van der Waals surface area contributed by atoms with E-state index in [-0.39, 0.29) is 17.9 Å². The van der Waals surface area contributed by atoms with Gasteiger partial charge in [-0.3, -0.25) is 4.98 Å². The SMILES string of the molecule is NCc1ccc(N(OC(=O)C(F)(F)F)c2ccc(Cl)cc2Br)cn1. The third-order valence-corrected chi connectivity index (χ3v) is 3.66. The lowest BCUT2D eigenvalue weighted by Gasteiger charge is -2.24. The molecule has 0 spiro atoms. The molecule has 0 radical (unpaired) electrons. The van der Waals surface area contributed by atoms with E-state index in [1.807, 2.05) is 0 Å². The van der Waals surface area contributed by atoms with Gasteiger partial charge in [0.15, 0.2) is 0 Å². The number of nitrogens with zero attached hydrogens (tertiary/aromatic N) is 2. The maximum Gasteiger partial charge on any atom is 0.493 e. The quantitative estimate of drug-likeness (QED) is 0.748. The van der Waals surface area contributed by atoms with E-state index in [9.17, 15) is 18.0 Å². The Labute approximate surface area is 148 Å². The number of aromatic nitrogens is 1. The van der Waals surface area contributed by atoms with Crippen molar-refractivity contribution in [1.29, 1.82) is 0 Å². The average Bonchev–Trinajstić information content (AvgIpc) is 2.52. The summed E-state index contributed by atoms with van der Waals surface area (Å²) in [6.07, 6.45) is -3.91. The van der Waals surface area contributed by atoms with Crippen LogP contribution in [0.3, 0.4) is 0 Å². The average molecular weight is 425 g/mol. The number of nitrogens with two attached hydrogens (primary N) is 1. The summed E-state index contributed by atoms with van der Waals surface area (Å²) in [6, 6.07) is 7.23. The van der Waals surface area contributed by atoms with Crippen LogP contribution in [0.5, 0.6) is 0 Å². The number of hydrogen-bond donors (Lipinski definition) is 1. The molecule has 0 saturated carbocycles. The fourth-order valence-electron chi connectivity index (χ4n) is 1.68. The summed E-state index contributed by atoms with van der Waals surface area (Å²) in [5, 5.41) is 1.06. The van der Waals surface area contributed by atoms with Gasteiger partial charge in [-0.15, -0.1) is 0 Å². The van der Waals surface area contributed by atoms with Crippen molar-refractivity contribution in [2.45, 2.75) is 12.7 Å². The van der Waals surface area contributed by atoms with E-state index in [4.69, 9.17) is 17.3 Å². The standard InChI is InChI=1S/C14H10BrClF3N3O2/c15-11-5-8(16)1-4-12(11)22(24-13(23)14(17,18)19)10-3-2-9(6-20)21-7-10/h1-5,7H,6,20H2. The number of alkyl halides is 3. The van der Waals surface area contributed by atoms with Gasteiger partial charge in [0, 0.05) is 16.0 Å². The highest BCUT2D eigenvalue weighted by atomic mass is 79.9. The van der Waals surface area contributed by atoms with Crippen LogP contribution in [0.15, 0.2) is 41.0 Å². The number of hydrogen-bond acceptors (Lipinski definition) is 5. The van der Waals surface area contributed by atoms with Gasteiger partial charge in [-0.2, -0.15) is 18.2 Å². The predicted molar refractivity (Wildman–Crippen MR) is 85.6 cm³/mol. The van der Waals surface area contributed by atoms with Crippen LogP contribution in [0.1, 0.15) is 5.69 Å². The van der Waals surface area contributed by atoms with Crippen molar-refractivity contribution in [2.75, 3.05) is 5.06 Å². The highest BCUT2D eigenvalue weighted by Crippen LogP contribution is 2.35. The van der Waals surface area contributed by atoms with Crippen LogP contribution >= 0.6 is 27.5 Å². The van der Waals surface area contributed by atoms with Gasteiger partial charge in [0.05, 0.1) is 23.3 Å². The maximum absolute atomic E-state index is 12.6. The van der Waals surface area contributed by atoms with Crippen molar-refractivity contribution in [3.05, 3.63) is 51.7 Å². The third-order valence-electron chi connectivity index (χ3n) is 2.79. The normalized spacial score (nSPS) is 11.2. The summed E-state index contributed by atoms with van der Waals surface area (Å²) in [6.45, 7) is 0.160. The molecule has 0 amide bonds. The summed E-state index contributed by atoms with van der Waals surface area (Å²) in [4.78, 5) is 19.7. The van der Waals surface area contributed by atoms with Crippen LogP contribution in [0.4, 0.5) is 24.5 Å². The van der Waals surface area contributed by atoms with Crippen LogP contribution in [0.25, 0.3) is 0 Å². The molecule has 24 heavy (non-hydrogen) atoms. The zero-order valence-electron chi connectivity index (χ0n) is 11.8. The Hall–Kier alpha value is -1.84. The molecule has 0 unspecified atom stereocenters. The second-order valence-corrected chi connectivity index (χ2v) is 5.77. The van der Waals surface area contributed by atoms with Crippen molar-refractivity contribution in [1.82, 2.24) is 4.98 Å². The van der Waals surface area contributed by atoms with Gasteiger partial charge in [-0.25, -0.2) is 4.79 Å². The molecule has 5 nitrogen and oxygen atoms in total. The molecule has 128 valence electrons. The fraction of sp³-hybridized carbons (Fsp3) is 0.143. The molecule has 1 heterocycles. The minimum absolute atomic E-state index is 0.104. The lowest BCUT2D eigenvalue weighted by atomic mass is 10.3. The van der Waals surface area contributed by atoms with Gasteiger partial charge in [-0.05, 0) is 46.3 Å². The number of carbonyl (C=O) groups excluding carboxylic acids is 1. The summed E-state index contributed by atoms with van der Waals surface area (Å²) < 4.78 is 38.0. The lowest BCUT2D eigenvalue weighted by molar-refractivity contribution is -0.199. The zero-order chi connectivity index (χ0) is 17.9. The summed E-state index contributed by atoms with van der Waals surface area (Å²) in [7, 11) is 0. The molecular formula is C14H10BrClF3N3O2. The van der Waals surface area contributed by atoms with E-state index in [0.29, 0.717) is 20.3 Å². The molecule has 1 aromatic heterocycles. The predicted octanol–water partition coefficient (Wildman–Crippen LogP) is 4.11. The largest absolute Gasteiger partial charge is 0.493 e. The second-order valence-electron chi connectivity index (χ2n) is 4.48. The maximum atomic E-state index is 12.6. The molecule has 2 N–H and O–H groups in total. The van der Waals surface area contributed by atoms with Gasteiger partial charge in [-0.1, -0.05) is 11.6 Å². The van der Waals surface area contributed by atoms with E-state index in [2.05, 4.69) is 25.8 Å². The molecule has 0 bridgehead atoms. The highest BCUT2D eigenvalue weighted by molar-refractivity contribution is 9.10. The Morgan fingerprint density at radius 2 is 2.04 bits per heavy atom. The minimum atomic E-state index is -5.15. The molecule has 0 saturated heterocycles. The molecular weight excluding hydrogens is 415 g/mol. The van der Waals surface area contributed by atoms with Crippen molar-refractivity contribution >= 4 is 44.9 Å². The smallest absolute Gasteiger partial charge is 0.327 e. The van der Waals surface area contributed by atoms with E-state index in [0.717, 1.165) is 0 Å². The number of benzene rings is 1. The number of anilines is 2. The first-order valence-electron chi connectivity index (χ1n) is 6.41. The van der Waals surface area contributed by atoms with Crippen LogP contribution in [-0.4, -0.2) is 17.1 Å². The van der Waals surface area contributed by atoms with Crippen molar-refractivity contribution in [2.24, 2.45) is 5.73 Å². The van der Waals surface area contributed by atoms with E-state index >= 15 is 0 Å². The molecule has 0 aliphatic rings. The van der Waals surface area contributed by atoms with Crippen LogP contribution < -0.4 is 10.8 Å². The van der Waals surface area contributed by atoms with E-state index in [1.54, 1.807) is 0 Å². The number of rotatable bonds is 4. The molecule has 0 aliphatic heterocycles. The van der Waals surface area contributed by atoms with Crippen molar-refractivity contribution in [3.63, 3.8) is 0 Å². The molecule has 0 atom stereocenters. The Bertz CT molecular complexity index is 741. The van der Waals surface area contributed by atoms with Crippen LogP contribution in [-0.2, 0) is 16.2 Å². The first-order valence-corrected chi connectivity index (χ1v) is 7.58. The van der Waals surface area contributed by atoms with Gasteiger partial charge >= 0.3 is 12.1 Å². The van der Waals surface area contributed by atoms with Gasteiger partial charge in [0.2, 0.25) is 0 Å².